The number of amides is 2. The van der Waals surface area contributed by atoms with Gasteiger partial charge in [0, 0.05) is 25.2 Å². The van der Waals surface area contributed by atoms with Gasteiger partial charge < -0.3 is 19.4 Å². The molecular formula is C15H20N4O3. The number of hydrogen-bond acceptors (Lipinski definition) is 4. The van der Waals surface area contributed by atoms with Gasteiger partial charge in [-0.2, -0.15) is 0 Å². The standard InChI is InChI=1S/C15H20N4O3/c1-15(10-21-2)9-19(5-6-22-15)14(20)18-13-7-11-3-4-16-12(11)8-17-13/h3-4,7-8,16H,5-6,9-10H2,1-2H3,(H,17,18,20). The van der Waals surface area contributed by atoms with E-state index < -0.39 is 5.60 Å². The number of ether oxygens (including phenoxy) is 2. The number of urea groups is 1. The van der Waals surface area contributed by atoms with Crippen LogP contribution in [0.25, 0.3) is 10.9 Å². The van der Waals surface area contributed by atoms with Crippen LogP contribution >= 0.6 is 0 Å². The van der Waals surface area contributed by atoms with Crippen LogP contribution in [0.15, 0.2) is 24.5 Å². The predicted octanol–water partition coefficient (Wildman–Crippen LogP) is 1.83. The first-order chi connectivity index (χ1) is 10.6. The summed E-state index contributed by atoms with van der Waals surface area (Å²) in [5.74, 6) is 0.539. The maximum Gasteiger partial charge on any atom is 0.323 e. The van der Waals surface area contributed by atoms with Crippen molar-refractivity contribution in [1.29, 1.82) is 0 Å². The quantitative estimate of drug-likeness (QED) is 0.906. The number of carbonyl (C=O) groups excluding carboxylic acids is 1. The number of nitrogens with one attached hydrogen (secondary N) is 2. The van der Waals surface area contributed by atoms with Gasteiger partial charge in [-0.25, -0.2) is 9.78 Å². The number of H-pyrrole nitrogens is 1. The second kappa shape index (κ2) is 5.94. The van der Waals surface area contributed by atoms with Crippen LogP contribution in [0, 0.1) is 0 Å². The summed E-state index contributed by atoms with van der Waals surface area (Å²) < 4.78 is 10.9. The van der Waals surface area contributed by atoms with Gasteiger partial charge in [0.15, 0.2) is 0 Å². The number of carbonyl (C=O) groups is 1. The molecule has 1 aliphatic heterocycles. The van der Waals surface area contributed by atoms with Gasteiger partial charge in [-0.05, 0) is 19.1 Å². The summed E-state index contributed by atoms with van der Waals surface area (Å²) in [7, 11) is 1.63. The van der Waals surface area contributed by atoms with Crippen LogP contribution in [-0.2, 0) is 9.47 Å². The second-order valence-electron chi connectivity index (χ2n) is 5.72. The molecule has 3 rings (SSSR count). The topological polar surface area (TPSA) is 79.5 Å². The van der Waals surface area contributed by atoms with E-state index in [1.165, 1.54) is 0 Å². The number of hydrogen-bond donors (Lipinski definition) is 2. The molecule has 2 amide bonds. The molecule has 1 aliphatic rings. The van der Waals surface area contributed by atoms with Gasteiger partial charge >= 0.3 is 6.03 Å². The Kier molecular flexibility index (Phi) is 4.00. The molecule has 3 heterocycles. The molecule has 0 spiro atoms. The molecule has 7 heteroatoms. The van der Waals surface area contributed by atoms with Crippen LogP contribution in [0.4, 0.5) is 10.6 Å². The maximum absolute atomic E-state index is 12.4. The van der Waals surface area contributed by atoms with E-state index in [9.17, 15) is 4.79 Å². The minimum absolute atomic E-state index is 0.173. The third-order valence-corrected chi connectivity index (χ3v) is 3.75. The van der Waals surface area contributed by atoms with Gasteiger partial charge in [-0.1, -0.05) is 0 Å². The van der Waals surface area contributed by atoms with Crippen molar-refractivity contribution in [2.24, 2.45) is 0 Å². The smallest absolute Gasteiger partial charge is 0.323 e. The number of nitrogens with zero attached hydrogens (tertiary/aromatic N) is 2. The second-order valence-corrected chi connectivity index (χ2v) is 5.72. The number of pyridine rings is 1. The molecule has 1 unspecified atom stereocenters. The number of rotatable bonds is 3. The number of methoxy groups -OCH3 is 1. The lowest BCUT2D eigenvalue weighted by molar-refractivity contribution is -0.117. The Balaban J connectivity index is 1.68. The zero-order chi connectivity index (χ0) is 15.6. The minimum atomic E-state index is -0.470. The highest BCUT2D eigenvalue weighted by molar-refractivity contribution is 5.91. The van der Waals surface area contributed by atoms with Crippen molar-refractivity contribution >= 4 is 22.8 Å². The first-order valence-corrected chi connectivity index (χ1v) is 7.22. The van der Waals surface area contributed by atoms with E-state index in [1.807, 2.05) is 25.3 Å². The lowest BCUT2D eigenvalue weighted by Crippen LogP contribution is -2.55. The molecule has 0 saturated carbocycles. The highest BCUT2D eigenvalue weighted by Gasteiger charge is 2.34. The van der Waals surface area contributed by atoms with Crippen molar-refractivity contribution in [2.45, 2.75) is 12.5 Å². The zero-order valence-corrected chi connectivity index (χ0v) is 12.8. The summed E-state index contributed by atoms with van der Waals surface area (Å²) in [5, 5.41) is 3.85. The summed E-state index contributed by atoms with van der Waals surface area (Å²) in [6.07, 6.45) is 3.55. The summed E-state index contributed by atoms with van der Waals surface area (Å²) in [6.45, 7) is 3.93. The number of anilines is 1. The van der Waals surface area contributed by atoms with Crippen molar-refractivity contribution in [1.82, 2.24) is 14.9 Å². The average Bonchev–Trinajstić information content (AvgIpc) is 2.94. The molecule has 0 bridgehead atoms. The monoisotopic (exact) mass is 304 g/mol. The summed E-state index contributed by atoms with van der Waals surface area (Å²) in [6, 6.07) is 3.61. The van der Waals surface area contributed by atoms with Gasteiger partial charge in [0.1, 0.15) is 11.4 Å². The Labute approximate surface area is 128 Å². The molecule has 2 aromatic heterocycles. The maximum atomic E-state index is 12.4. The van der Waals surface area contributed by atoms with Crippen molar-refractivity contribution in [3.63, 3.8) is 0 Å². The average molecular weight is 304 g/mol. The molecule has 0 aliphatic carbocycles. The predicted molar refractivity (Wildman–Crippen MR) is 82.9 cm³/mol. The summed E-state index contributed by atoms with van der Waals surface area (Å²) in [4.78, 5) is 21.4. The lowest BCUT2D eigenvalue weighted by Gasteiger charge is -2.39. The molecular weight excluding hydrogens is 284 g/mol. The fourth-order valence-corrected chi connectivity index (χ4v) is 2.70. The van der Waals surface area contributed by atoms with Gasteiger partial charge in [-0.3, -0.25) is 5.32 Å². The van der Waals surface area contributed by atoms with Crippen LogP contribution in [0.3, 0.4) is 0 Å². The number of fused-ring (bicyclic) bond motifs is 1. The summed E-state index contributed by atoms with van der Waals surface area (Å²) >= 11 is 0. The molecule has 1 atom stereocenters. The molecule has 2 aromatic rings. The van der Waals surface area contributed by atoms with E-state index in [2.05, 4.69) is 15.3 Å². The lowest BCUT2D eigenvalue weighted by atomic mass is 10.1. The fourth-order valence-electron chi connectivity index (χ4n) is 2.70. The van der Waals surface area contributed by atoms with Gasteiger partial charge in [0.05, 0.1) is 31.5 Å². The van der Waals surface area contributed by atoms with Gasteiger partial charge in [0.25, 0.3) is 0 Å². The van der Waals surface area contributed by atoms with Crippen LogP contribution in [0.2, 0.25) is 0 Å². The van der Waals surface area contributed by atoms with E-state index in [-0.39, 0.29) is 6.03 Å². The first-order valence-electron chi connectivity index (χ1n) is 7.22. The van der Waals surface area contributed by atoms with Gasteiger partial charge in [0.2, 0.25) is 0 Å². The minimum Gasteiger partial charge on any atom is -0.382 e. The van der Waals surface area contributed by atoms with Crippen LogP contribution in [0.1, 0.15) is 6.92 Å². The summed E-state index contributed by atoms with van der Waals surface area (Å²) in [5.41, 5.74) is 0.472. The molecule has 1 saturated heterocycles. The van der Waals surface area contributed by atoms with E-state index in [0.717, 1.165) is 10.9 Å². The van der Waals surface area contributed by atoms with Crippen LogP contribution < -0.4 is 5.32 Å². The normalized spacial score (nSPS) is 22.0. The number of aromatic nitrogens is 2. The first kappa shape index (κ1) is 14.8. The molecule has 1 fully saturated rings. The van der Waals surface area contributed by atoms with Crippen molar-refractivity contribution in [3.05, 3.63) is 24.5 Å². The number of aromatic amines is 1. The van der Waals surface area contributed by atoms with Crippen LogP contribution in [0.5, 0.6) is 0 Å². The van der Waals surface area contributed by atoms with Crippen molar-refractivity contribution < 1.29 is 14.3 Å². The van der Waals surface area contributed by atoms with E-state index in [1.54, 1.807) is 18.2 Å². The Bertz CT molecular complexity index is 668. The van der Waals surface area contributed by atoms with E-state index in [4.69, 9.17) is 9.47 Å². The Hall–Kier alpha value is -2.12. The Morgan fingerprint density at radius 2 is 2.50 bits per heavy atom. The largest absolute Gasteiger partial charge is 0.382 e. The third kappa shape index (κ3) is 3.05. The van der Waals surface area contributed by atoms with Crippen molar-refractivity contribution in [2.75, 3.05) is 38.7 Å². The molecule has 0 radical (unpaired) electrons. The van der Waals surface area contributed by atoms with E-state index in [0.29, 0.717) is 32.1 Å². The highest BCUT2D eigenvalue weighted by atomic mass is 16.5. The van der Waals surface area contributed by atoms with Gasteiger partial charge in [-0.15, -0.1) is 0 Å². The van der Waals surface area contributed by atoms with E-state index >= 15 is 0 Å². The van der Waals surface area contributed by atoms with Crippen LogP contribution in [-0.4, -0.2) is 59.9 Å². The van der Waals surface area contributed by atoms with Crippen molar-refractivity contribution in [3.8, 4) is 0 Å². The zero-order valence-electron chi connectivity index (χ0n) is 12.8. The highest BCUT2D eigenvalue weighted by Crippen LogP contribution is 2.19. The molecule has 22 heavy (non-hydrogen) atoms. The third-order valence-electron chi connectivity index (χ3n) is 3.75. The SMILES string of the molecule is COCC1(C)CN(C(=O)Nc2cc3cc[nH]c3cn2)CCO1. The molecule has 118 valence electrons. The fraction of sp³-hybridized carbons (Fsp3) is 0.467. The molecule has 2 N–H and O–H groups in total. The number of morpholine rings is 1. The molecule has 0 aromatic carbocycles. The molecule has 7 nitrogen and oxygen atoms in total. The Morgan fingerprint density at radius 3 is 3.32 bits per heavy atom. The Morgan fingerprint density at radius 1 is 1.64 bits per heavy atom.